The monoisotopic (exact) mass is 261 g/mol. The second kappa shape index (κ2) is 6.29. The lowest BCUT2D eigenvalue weighted by Crippen LogP contribution is -2.07. The molecule has 0 aliphatic rings. The molecule has 0 bridgehead atoms. The number of nitrogens with zero attached hydrogens (tertiary/aromatic N) is 4. The van der Waals surface area contributed by atoms with Gasteiger partial charge in [0.2, 0.25) is 0 Å². The Labute approximate surface area is 112 Å². The highest BCUT2D eigenvalue weighted by Crippen LogP contribution is 2.19. The Kier molecular flexibility index (Phi) is 4.46. The molecule has 0 aromatic carbocycles. The fourth-order valence-corrected chi connectivity index (χ4v) is 1.79. The third kappa shape index (κ3) is 3.29. The molecule has 0 amide bonds. The maximum atomic E-state index is 5.11. The zero-order chi connectivity index (χ0) is 13.7. The van der Waals surface area contributed by atoms with Crippen molar-refractivity contribution in [3.05, 3.63) is 24.2 Å². The van der Waals surface area contributed by atoms with Gasteiger partial charge in [0.15, 0.2) is 5.82 Å². The summed E-state index contributed by atoms with van der Waals surface area (Å²) < 4.78 is 6.91. The van der Waals surface area contributed by atoms with Gasteiger partial charge in [-0.05, 0) is 12.5 Å². The quantitative estimate of drug-likeness (QED) is 0.859. The van der Waals surface area contributed by atoms with E-state index in [1.54, 1.807) is 18.0 Å². The van der Waals surface area contributed by atoms with Gasteiger partial charge >= 0.3 is 0 Å². The molecule has 2 heterocycles. The van der Waals surface area contributed by atoms with Crippen LogP contribution >= 0.6 is 0 Å². The molecule has 0 saturated heterocycles. The zero-order valence-electron chi connectivity index (χ0n) is 11.6. The van der Waals surface area contributed by atoms with Crippen molar-refractivity contribution in [1.82, 2.24) is 19.7 Å². The van der Waals surface area contributed by atoms with E-state index in [9.17, 15) is 0 Å². The summed E-state index contributed by atoms with van der Waals surface area (Å²) >= 11 is 0. The first kappa shape index (κ1) is 13.5. The summed E-state index contributed by atoms with van der Waals surface area (Å²) in [5.41, 5.74) is 1.81. The molecule has 6 nitrogen and oxygen atoms in total. The number of aromatic nitrogens is 4. The molecule has 0 radical (unpaired) electrons. The molecule has 6 heteroatoms. The van der Waals surface area contributed by atoms with Crippen LogP contribution in [0.5, 0.6) is 0 Å². The molecule has 0 aliphatic carbocycles. The van der Waals surface area contributed by atoms with Crippen LogP contribution in [0.4, 0.5) is 5.82 Å². The van der Waals surface area contributed by atoms with Gasteiger partial charge in [-0.2, -0.15) is 5.10 Å². The number of nitrogens with one attached hydrogen (secondary N) is 1. The standard InChI is InChI=1S/C13H19N5O/c1-4-6-14-12-8-10(11-5-7-15-18(11)2)16-13(17-12)9-19-3/h5,7-8H,4,6,9H2,1-3H3,(H,14,16,17). The van der Waals surface area contributed by atoms with Gasteiger partial charge in [-0.25, -0.2) is 9.97 Å². The fourth-order valence-electron chi connectivity index (χ4n) is 1.79. The summed E-state index contributed by atoms with van der Waals surface area (Å²) in [5, 5.41) is 7.44. The number of methoxy groups -OCH3 is 1. The van der Waals surface area contributed by atoms with E-state index in [0.29, 0.717) is 12.4 Å². The van der Waals surface area contributed by atoms with E-state index < -0.39 is 0 Å². The largest absolute Gasteiger partial charge is 0.377 e. The van der Waals surface area contributed by atoms with E-state index in [1.807, 2.05) is 19.2 Å². The van der Waals surface area contributed by atoms with Crippen molar-refractivity contribution in [2.45, 2.75) is 20.0 Å². The van der Waals surface area contributed by atoms with Crippen LogP contribution in [0, 0.1) is 0 Å². The fraction of sp³-hybridized carbons (Fsp3) is 0.462. The highest BCUT2D eigenvalue weighted by Gasteiger charge is 2.09. The highest BCUT2D eigenvalue weighted by atomic mass is 16.5. The molecule has 0 fully saturated rings. The van der Waals surface area contributed by atoms with Crippen molar-refractivity contribution in [3.8, 4) is 11.4 Å². The summed E-state index contributed by atoms with van der Waals surface area (Å²) in [6.45, 7) is 3.40. The number of anilines is 1. The number of hydrogen-bond donors (Lipinski definition) is 1. The molecule has 0 atom stereocenters. The first-order valence-electron chi connectivity index (χ1n) is 6.33. The van der Waals surface area contributed by atoms with Crippen molar-refractivity contribution in [3.63, 3.8) is 0 Å². The summed E-state index contributed by atoms with van der Waals surface area (Å²) in [6.07, 6.45) is 2.80. The Morgan fingerprint density at radius 1 is 1.37 bits per heavy atom. The highest BCUT2D eigenvalue weighted by molar-refractivity contribution is 5.58. The lowest BCUT2D eigenvalue weighted by atomic mass is 10.3. The summed E-state index contributed by atoms with van der Waals surface area (Å²) in [4.78, 5) is 8.92. The minimum Gasteiger partial charge on any atom is -0.377 e. The molecule has 0 aliphatic heterocycles. The van der Waals surface area contributed by atoms with Crippen molar-refractivity contribution in [2.24, 2.45) is 7.05 Å². The predicted octanol–water partition coefficient (Wildman–Crippen LogP) is 1.85. The number of hydrogen-bond acceptors (Lipinski definition) is 5. The normalized spacial score (nSPS) is 10.7. The van der Waals surface area contributed by atoms with Gasteiger partial charge in [-0.15, -0.1) is 0 Å². The molecule has 19 heavy (non-hydrogen) atoms. The second-order valence-corrected chi connectivity index (χ2v) is 4.25. The molecule has 2 aromatic rings. The molecule has 1 N–H and O–H groups in total. The third-order valence-corrected chi connectivity index (χ3v) is 2.69. The number of ether oxygens (including phenoxy) is 1. The van der Waals surface area contributed by atoms with Crippen LogP contribution in [0.15, 0.2) is 18.3 Å². The van der Waals surface area contributed by atoms with Gasteiger partial charge in [0.1, 0.15) is 12.4 Å². The summed E-state index contributed by atoms with van der Waals surface area (Å²) in [6, 6.07) is 3.87. The van der Waals surface area contributed by atoms with Crippen LogP contribution < -0.4 is 5.32 Å². The summed E-state index contributed by atoms with van der Waals surface area (Å²) in [7, 11) is 3.53. The predicted molar refractivity (Wildman–Crippen MR) is 73.7 cm³/mol. The van der Waals surface area contributed by atoms with Gasteiger partial charge in [0, 0.05) is 33.0 Å². The van der Waals surface area contributed by atoms with Crippen LogP contribution in [0.25, 0.3) is 11.4 Å². The van der Waals surface area contributed by atoms with Gasteiger partial charge in [-0.1, -0.05) is 6.92 Å². The minimum absolute atomic E-state index is 0.395. The van der Waals surface area contributed by atoms with E-state index in [0.717, 1.165) is 30.2 Å². The SMILES string of the molecule is CCCNc1cc(-c2ccnn2C)nc(COC)n1. The Hall–Kier alpha value is -1.95. The molecule has 2 aromatic heterocycles. The van der Waals surface area contributed by atoms with Crippen LogP contribution in [0.1, 0.15) is 19.2 Å². The molecule has 0 spiro atoms. The van der Waals surface area contributed by atoms with Crippen molar-refractivity contribution in [1.29, 1.82) is 0 Å². The van der Waals surface area contributed by atoms with E-state index in [1.165, 1.54) is 0 Å². The third-order valence-electron chi connectivity index (χ3n) is 2.69. The average molecular weight is 261 g/mol. The van der Waals surface area contributed by atoms with E-state index >= 15 is 0 Å². The zero-order valence-corrected chi connectivity index (χ0v) is 11.6. The Bertz CT molecular complexity index is 538. The Balaban J connectivity index is 2.36. The summed E-state index contributed by atoms with van der Waals surface area (Å²) in [5.74, 6) is 1.49. The van der Waals surface area contributed by atoms with E-state index in [-0.39, 0.29) is 0 Å². The van der Waals surface area contributed by atoms with Crippen molar-refractivity contribution < 1.29 is 4.74 Å². The molecule has 102 valence electrons. The van der Waals surface area contributed by atoms with Gasteiger partial charge < -0.3 is 10.1 Å². The number of aryl methyl sites for hydroxylation is 1. The van der Waals surface area contributed by atoms with Crippen LogP contribution in [0.3, 0.4) is 0 Å². The lowest BCUT2D eigenvalue weighted by molar-refractivity contribution is 0.178. The van der Waals surface area contributed by atoms with Crippen LogP contribution in [0.2, 0.25) is 0 Å². The Morgan fingerprint density at radius 3 is 2.84 bits per heavy atom. The maximum absolute atomic E-state index is 5.11. The lowest BCUT2D eigenvalue weighted by Gasteiger charge is -2.09. The molecular formula is C13H19N5O. The average Bonchev–Trinajstić information content (AvgIpc) is 2.83. The van der Waals surface area contributed by atoms with Crippen molar-refractivity contribution in [2.75, 3.05) is 19.0 Å². The van der Waals surface area contributed by atoms with E-state index in [2.05, 4.69) is 27.3 Å². The Morgan fingerprint density at radius 2 is 2.21 bits per heavy atom. The smallest absolute Gasteiger partial charge is 0.157 e. The van der Waals surface area contributed by atoms with Crippen LogP contribution in [-0.4, -0.2) is 33.4 Å². The first-order chi connectivity index (χ1) is 9.24. The van der Waals surface area contributed by atoms with Gasteiger partial charge in [0.05, 0.1) is 11.4 Å². The second-order valence-electron chi connectivity index (χ2n) is 4.25. The van der Waals surface area contributed by atoms with Gasteiger partial charge in [-0.3, -0.25) is 4.68 Å². The topological polar surface area (TPSA) is 64.9 Å². The minimum atomic E-state index is 0.395. The molecular weight excluding hydrogens is 242 g/mol. The van der Waals surface area contributed by atoms with Gasteiger partial charge in [0.25, 0.3) is 0 Å². The number of rotatable bonds is 6. The first-order valence-corrected chi connectivity index (χ1v) is 6.33. The van der Waals surface area contributed by atoms with Crippen LogP contribution in [-0.2, 0) is 18.4 Å². The van der Waals surface area contributed by atoms with E-state index in [4.69, 9.17) is 4.74 Å². The maximum Gasteiger partial charge on any atom is 0.157 e. The molecule has 2 rings (SSSR count). The molecule has 0 unspecified atom stereocenters. The molecule has 0 saturated carbocycles. The van der Waals surface area contributed by atoms with Crippen molar-refractivity contribution >= 4 is 5.82 Å².